The zero-order valence-corrected chi connectivity index (χ0v) is 18.7. The van der Waals surface area contributed by atoms with Crippen LogP contribution in [0, 0.1) is 10.8 Å². The molecule has 0 unspecified atom stereocenters. The van der Waals surface area contributed by atoms with Gasteiger partial charge in [-0.05, 0) is 64.4 Å². The molecule has 118 valence electrons. The van der Waals surface area contributed by atoms with Gasteiger partial charge in [-0.15, -0.1) is 0 Å². The van der Waals surface area contributed by atoms with Gasteiger partial charge >= 0.3 is 29.6 Å². The van der Waals surface area contributed by atoms with E-state index >= 15 is 0 Å². The van der Waals surface area contributed by atoms with Gasteiger partial charge in [0.05, 0.1) is 11.1 Å². The maximum atomic E-state index is 5.26. The molecule has 0 amide bonds. The standard InChI is InChI=1S/C8H15NO.C7H12BrNO.Na.H/c1-6-7(2,3)8(4,5)10-9-6;1-6(2)5(8)9-10-7(6,3)4;;/h1-5H3;1-4H3;;/q;;+1;-1. The maximum absolute atomic E-state index is 5.26. The van der Waals surface area contributed by atoms with E-state index in [-0.39, 0.29) is 53.0 Å². The summed E-state index contributed by atoms with van der Waals surface area (Å²) in [7, 11) is 0. The fraction of sp³-hybridized carbons (Fsp3) is 0.867. The molecule has 0 N–H and O–H groups in total. The first kappa shape index (κ1) is 21.4. The molecule has 0 aromatic carbocycles. The number of oxime groups is 2. The molecule has 4 nitrogen and oxygen atoms in total. The van der Waals surface area contributed by atoms with Crippen LogP contribution in [0.3, 0.4) is 0 Å². The summed E-state index contributed by atoms with van der Waals surface area (Å²) < 4.78 is 0.894. The molecule has 0 fully saturated rings. The molecule has 0 saturated carbocycles. The number of halogens is 1. The largest absolute Gasteiger partial charge is 1.00 e. The van der Waals surface area contributed by atoms with E-state index in [1.54, 1.807) is 0 Å². The smallest absolute Gasteiger partial charge is 1.00 e. The van der Waals surface area contributed by atoms with Gasteiger partial charge in [-0.3, -0.25) is 0 Å². The van der Waals surface area contributed by atoms with Crippen molar-refractivity contribution in [1.82, 2.24) is 0 Å². The van der Waals surface area contributed by atoms with Gasteiger partial charge in [0, 0.05) is 5.41 Å². The van der Waals surface area contributed by atoms with Gasteiger partial charge in [0.1, 0.15) is 15.8 Å². The fourth-order valence-electron chi connectivity index (χ4n) is 1.48. The minimum absolute atomic E-state index is 0. The minimum Gasteiger partial charge on any atom is -1.00 e. The van der Waals surface area contributed by atoms with Crippen molar-refractivity contribution >= 4 is 26.3 Å². The fourth-order valence-corrected chi connectivity index (χ4v) is 2.03. The average molecular weight is 371 g/mol. The van der Waals surface area contributed by atoms with Crippen molar-refractivity contribution in [3.05, 3.63) is 0 Å². The van der Waals surface area contributed by atoms with Crippen molar-refractivity contribution in [2.45, 2.75) is 73.5 Å². The van der Waals surface area contributed by atoms with Crippen molar-refractivity contribution in [2.24, 2.45) is 21.1 Å². The third kappa shape index (κ3) is 3.85. The number of hydrogen-bond donors (Lipinski definition) is 0. The zero-order valence-electron chi connectivity index (χ0n) is 16.1. The zero-order chi connectivity index (χ0) is 16.0. The van der Waals surface area contributed by atoms with Crippen molar-refractivity contribution in [3.63, 3.8) is 0 Å². The number of hydrogen-bond acceptors (Lipinski definition) is 4. The minimum atomic E-state index is -0.189. The molecule has 6 heteroatoms. The summed E-state index contributed by atoms with van der Waals surface area (Å²) in [6.45, 7) is 18.7. The second-order valence-electron chi connectivity index (χ2n) is 7.51. The Bertz CT molecular complexity index is 418. The van der Waals surface area contributed by atoms with Crippen LogP contribution in [0.4, 0.5) is 0 Å². The van der Waals surface area contributed by atoms with Crippen LogP contribution in [-0.4, -0.2) is 21.5 Å². The van der Waals surface area contributed by atoms with Crippen LogP contribution in [0.5, 0.6) is 0 Å². The van der Waals surface area contributed by atoms with Crippen LogP contribution in [0.15, 0.2) is 10.3 Å². The number of rotatable bonds is 0. The first-order valence-electron chi connectivity index (χ1n) is 6.91. The molecule has 0 bridgehead atoms. The summed E-state index contributed by atoms with van der Waals surface area (Å²) >= 11 is 3.36. The van der Waals surface area contributed by atoms with Gasteiger partial charge in [-0.1, -0.05) is 24.2 Å². The summed E-state index contributed by atoms with van der Waals surface area (Å²) in [5, 5.41) is 7.83. The molecule has 2 heterocycles. The van der Waals surface area contributed by atoms with E-state index in [1.165, 1.54) is 0 Å². The molecular formula is C15H28BrN2NaO2. The van der Waals surface area contributed by atoms with E-state index in [4.69, 9.17) is 9.68 Å². The van der Waals surface area contributed by atoms with Crippen LogP contribution < -0.4 is 29.6 Å². The molecule has 0 aliphatic carbocycles. The normalized spacial score (nSPS) is 26.2. The van der Waals surface area contributed by atoms with E-state index in [2.05, 4.69) is 67.8 Å². The van der Waals surface area contributed by atoms with E-state index in [1.807, 2.05) is 20.8 Å². The topological polar surface area (TPSA) is 43.2 Å². The predicted octanol–water partition coefficient (Wildman–Crippen LogP) is 1.84. The molecule has 0 atom stereocenters. The maximum Gasteiger partial charge on any atom is 1.00 e. The van der Waals surface area contributed by atoms with E-state index in [0.29, 0.717) is 0 Å². The van der Waals surface area contributed by atoms with Crippen molar-refractivity contribution in [2.75, 3.05) is 0 Å². The van der Waals surface area contributed by atoms with Gasteiger partial charge in [0.25, 0.3) is 0 Å². The van der Waals surface area contributed by atoms with E-state index < -0.39 is 0 Å². The summed E-state index contributed by atoms with van der Waals surface area (Å²) in [5.74, 6) is 0. The van der Waals surface area contributed by atoms with Crippen LogP contribution in [0.2, 0.25) is 0 Å². The molecule has 2 rings (SSSR count). The van der Waals surface area contributed by atoms with Crippen LogP contribution in [-0.2, 0) is 9.68 Å². The molecule has 0 spiro atoms. The van der Waals surface area contributed by atoms with Gasteiger partial charge in [-0.2, -0.15) is 0 Å². The molecule has 2 aliphatic heterocycles. The second kappa shape index (κ2) is 6.50. The summed E-state index contributed by atoms with van der Waals surface area (Å²) in [5.41, 5.74) is 0.820. The van der Waals surface area contributed by atoms with Crippen molar-refractivity contribution in [3.8, 4) is 0 Å². The van der Waals surface area contributed by atoms with Crippen molar-refractivity contribution in [1.29, 1.82) is 0 Å². The van der Waals surface area contributed by atoms with Gasteiger partial charge < -0.3 is 11.1 Å². The Labute approximate surface area is 161 Å². The molecule has 0 aromatic heterocycles. The van der Waals surface area contributed by atoms with Crippen molar-refractivity contribution < 1.29 is 40.7 Å². The van der Waals surface area contributed by atoms with Crippen LogP contribution >= 0.6 is 15.9 Å². The molecule has 21 heavy (non-hydrogen) atoms. The SMILES string of the molecule is CC1(C)ON=C(Br)C1(C)C.CC1=NOC(C)(C)C1(C)C.[H-].[Na+]. The second-order valence-corrected chi connectivity index (χ2v) is 8.26. The summed E-state index contributed by atoms with van der Waals surface area (Å²) in [6.07, 6.45) is 0. The third-order valence-electron chi connectivity index (χ3n) is 5.20. The Kier molecular flexibility index (Phi) is 6.63. The van der Waals surface area contributed by atoms with Gasteiger partial charge in [0.2, 0.25) is 0 Å². The molecule has 2 aliphatic rings. The van der Waals surface area contributed by atoms with Crippen LogP contribution in [0.1, 0.15) is 63.7 Å². The Morgan fingerprint density at radius 3 is 1.29 bits per heavy atom. The first-order valence-corrected chi connectivity index (χ1v) is 7.70. The monoisotopic (exact) mass is 370 g/mol. The predicted molar refractivity (Wildman–Crippen MR) is 88.5 cm³/mol. The average Bonchev–Trinajstić information content (AvgIpc) is 2.60. The number of nitrogens with zero attached hydrogens (tertiary/aromatic N) is 2. The van der Waals surface area contributed by atoms with Gasteiger partial charge in [-0.25, -0.2) is 0 Å². The molecular weight excluding hydrogens is 343 g/mol. The molecule has 0 radical (unpaired) electrons. The molecule has 0 aromatic rings. The Hall–Kier alpha value is 0.420. The first-order chi connectivity index (χ1) is 8.76. The summed E-state index contributed by atoms with van der Waals surface area (Å²) in [4.78, 5) is 10.5. The van der Waals surface area contributed by atoms with Gasteiger partial charge in [0.15, 0.2) is 0 Å². The Morgan fingerprint density at radius 1 is 0.810 bits per heavy atom. The molecule has 0 saturated heterocycles. The summed E-state index contributed by atoms with van der Waals surface area (Å²) in [6, 6.07) is 0. The van der Waals surface area contributed by atoms with Crippen LogP contribution in [0.25, 0.3) is 0 Å². The quantitative estimate of drug-likeness (QED) is 0.610. The Morgan fingerprint density at radius 2 is 1.19 bits per heavy atom. The van der Waals surface area contributed by atoms with E-state index in [0.717, 1.165) is 10.3 Å². The Balaban J connectivity index is 0. The van der Waals surface area contributed by atoms with E-state index in [9.17, 15) is 0 Å². The third-order valence-corrected chi connectivity index (χ3v) is 6.33.